The van der Waals surface area contributed by atoms with Crippen LogP contribution in [0.5, 0.6) is 5.88 Å². The highest BCUT2D eigenvalue weighted by atomic mass is 16.5. The summed E-state index contributed by atoms with van der Waals surface area (Å²) in [4.78, 5) is 24.9. The van der Waals surface area contributed by atoms with Crippen LogP contribution in [0.2, 0.25) is 0 Å². The van der Waals surface area contributed by atoms with Gasteiger partial charge in [0.05, 0.1) is 24.8 Å². The van der Waals surface area contributed by atoms with Crippen molar-refractivity contribution in [2.45, 2.75) is 32.3 Å². The van der Waals surface area contributed by atoms with Gasteiger partial charge in [-0.05, 0) is 29.7 Å². The molecule has 1 aliphatic heterocycles. The third-order valence-electron chi connectivity index (χ3n) is 6.09. The molecule has 0 aliphatic carbocycles. The Morgan fingerprint density at radius 1 is 1.31 bits per heavy atom. The van der Waals surface area contributed by atoms with E-state index < -0.39 is 0 Å². The summed E-state index contributed by atoms with van der Waals surface area (Å²) >= 11 is 0. The molecule has 0 saturated carbocycles. The number of aryl methyl sites for hydroxylation is 1. The topological polar surface area (TPSA) is 119 Å². The SMILES string of the molecule is CNC(=O)c1ccc(Nc2nc(O[C@H]3CCOC3)c3c(-c4cnn(C)c4)c[nH]c3n2)c(C(C)C)c1. The Morgan fingerprint density at radius 2 is 2.17 bits per heavy atom. The molecule has 5 rings (SSSR count). The van der Waals surface area contributed by atoms with Gasteiger partial charge in [-0.3, -0.25) is 9.48 Å². The fourth-order valence-corrected chi connectivity index (χ4v) is 4.25. The average molecular weight is 476 g/mol. The molecular formula is C25H29N7O3. The summed E-state index contributed by atoms with van der Waals surface area (Å²) in [5.74, 6) is 0.946. The molecule has 0 spiro atoms. The van der Waals surface area contributed by atoms with Gasteiger partial charge >= 0.3 is 0 Å². The molecule has 0 radical (unpaired) electrons. The van der Waals surface area contributed by atoms with Crippen molar-refractivity contribution in [2.75, 3.05) is 25.6 Å². The van der Waals surface area contributed by atoms with Gasteiger partial charge in [-0.15, -0.1) is 0 Å². The number of fused-ring (bicyclic) bond motifs is 1. The number of benzene rings is 1. The summed E-state index contributed by atoms with van der Waals surface area (Å²) in [6.07, 6.45) is 6.38. The molecule has 1 aromatic carbocycles. The number of hydrogen-bond acceptors (Lipinski definition) is 7. The van der Waals surface area contributed by atoms with Crippen molar-refractivity contribution < 1.29 is 14.3 Å². The number of carbonyl (C=O) groups is 1. The van der Waals surface area contributed by atoms with Gasteiger partial charge in [-0.1, -0.05) is 13.8 Å². The molecule has 3 aromatic heterocycles. The lowest BCUT2D eigenvalue weighted by Crippen LogP contribution is -2.18. The summed E-state index contributed by atoms with van der Waals surface area (Å²) in [6.45, 7) is 5.36. The summed E-state index contributed by atoms with van der Waals surface area (Å²) in [5, 5.41) is 11.1. The van der Waals surface area contributed by atoms with E-state index >= 15 is 0 Å². The molecule has 0 unspecified atom stereocenters. The van der Waals surface area contributed by atoms with Crippen LogP contribution >= 0.6 is 0 Å². The highest BCUT2D eigenvalue weighted by molar-refractivity contribution is 5.98. The van der Waals surface area contributed by atoms with Crippen LogP contribution in [0.3, 0.4) is 0 Å². The number of aromatic amines is 1. The fraction of sp³-hybridized carbons (Fsp3) is 0.360. The lowest BCUT2D eigenvalue weighted by atomic mass is 9.98. The molecule has 182 valence electrons. The smallest absolute Gasteiger partial charge is 0.251 e. The van der Waals surface area contributed by atoms with Crippen LogP contribution in [-0.4, -0.2) is 57.0 Å². The highest BCUT2D eigenvalue weighted by Gasteiger charge is 2.23. The lowest BCUT2D eigenvalue weighted by molar-refractivity contribution is 0.0963. The minimum Gasteiger partial charge on any atom is -0.471 e. The number of carbonyl (C=O) groups excluding carboxylic acids is 1. The third kappa shape index (κ3) is 4.57. The van der Waals surface area contributed by atoms with E-state index in [1.165, 1.54) is 0 Å². The van der Waals surface area contributed by atoms with Crippen LogP contribution in [0.25, 0.3) is 22.2 Å². The van der Waals surface area contributed by atoms with Gasteiger partial charge in [-0.2, -0.15) is 15.1 Å². The largest absolute Gasteiger partial charge is 0.471 e. The van der Waals surface area contributed by atoms with Crippen LogP contribution in [0.15, 0.2) is 36.8 Å². The van der Waals surface area contributed by atoms with Crippen molar-refractivity contribution in [3.8, 4) is 17.0 Å². The second-order valence-electron chi connectivity index (χ2n) is 8.95. The summed E-state index contributed by atoms with van der Waals surface area (Å²) in [7, 11) is 3.51. The van der Waals surface area contributed by atoms with Gasteiger partial charge in [0.2, 0.25) is 11.8 Å². The number of hydrogen-bond donors (Lipinski definition) is 3. The Bertz CT molecular complexity index is 1370. The zero-order valence-corrected chi connectivity index (χ0v) is 20.3. The molecule has 1 fully saturated rings. The quantitative estimate of drug-likeness (QED) is 0.372. The first-order chi connectivity index (χ1) is 16.9. The molecule has 0 bridgehead atoms. The Labute approximate surface area is 203 Å². The van der Waals surface area contributed by atoms with E-state index in [0.29, 0.717) is 36.3 Å². The molecule has 3 N–H and O–H groups in total. The molecule has 10 nitrogen and oxygen atoms in total. The Hall–Kier alpha value is -3.92. The zero-order valence-electron chi connectivity index (χ0n) is 20.3. The molecular weight excluding hydrogens is 446 g/mol. The normalized spacial score (nSPS) is 15.6. The molecule has 10 heteroatoms. The van der Waals surface area contributed by atoms with Crippen LogP contribution < -0.4 is 15.4 Å². The van der Waals surface area contributed by atoms with E-state index in [2.05, 4.69) is 34.6 Å². The second-order valence-corrected chi connectivity index (χ2v) is 8.95. The molecule has 1 aliphatic rings. The number of amides is 1. The van der Waals surface area contributed by atoms with Crippen molar-refractivity contribution in [1.82, 2.24) is 30.0 Å². The van der Waals surface area contributed by atoms with Gasteiger partial charge in [0.25, 0.3) is 5.91 Å². The van der Waals surface area contributed by atoms with Crippen molar-refractivity contribution in [2.24, 2.45) is 7.05 Å². The van der Waals surface area contributed by atoms with E-state index in [1.54, 1.807) is 24.0 Å². The van der Waals surface area contributed by atoms with Gasteiger partial charge in [0.1, 0.15) is 11.8 Å². The fourth-order valence-electron chi connectivity index (χ4n) is 4.25. The van der Waals surface area contributed by atoms with Crippen molar-refractivity contribution in [1.29, 1.82) is 0 Å². The number of aromatic nitrogens is 5. The Balaban J connectivity index is 1.57. The number of anilines is 2. The van der Waals surface area contributed by atoms with Gasteiger partial charge in [0.15, 0.2) is 0 Å². The van der Waals surface area contributed by atoms with E-state index in [1.807, 2.05) is 31.6 Å². The van der Waals surface area contributed by atoms with Gasteiger partial charge in [-0.25, -0.2) is 0 Å². The maximum atomic E-state index is 12.1. The number of rotatable bonds is 7. The first-order valence-corrected chi connectivity index (χ1v) is 11.7. The van der Waals surface area contributed by atoms with Crippen LogP contribution in [0, 0.1) is 0 Å². The van der Waals surface area contributed by atoms with E-state index in [-0.39, 0.29) is 17.9 Å². The molecule has 1 amide bonds. The van der Waals surface area contributed by atoms with E-state index in [4.69, 9.17) is 19.4 Å². The highest BCUT2D eigenvalue weighted by Crippen LogP contribution is 2.36. The Kier molecular flexibility index (Phi) is 6.12. The minimum atomic E-state index is -0.125. The predicted molar refractivity (Wildman–Crippen MR) is 133 cm³/mol. The average Bonchev–Trinajstić information content (AvgIpc) is 3.60. The molecule has 35 heavy (non-hydrogen) atoms. The number of ether oxygens (including phenoxy) is 2. The minimum absolute atomic E-state index is 0.0735. The van der Waals surface area contributed by atoms with Crippen molar-refractivity contribution in [3.63, 3.8) is 0 Å². The summed E-state index contributed by atoms with van der Waals surface area (Å²) < 4.78 is 13.6. The third-order valence-corrected chi connectivity index (χ3v) is 6.09. The molecule has 1 saturated heterocycles. The summed E-state index contributed by atoms with van der Waals surface area (Å²) in [5.41, 5.74) is 4.95. The number of nitrogens with one attached hydrogen (secondary N) is 3. The van der Waals surface area contributed by atoms with Gasteiger partial charge in [0, 0.05) is 55.3 Å². The standard InChI is InChI=1S/C25H29N7O3/c1-14(2)18-9-15(23(33)26-3)5-6-20(18)29-25-30-22-21(24(31-25)35-17-7-8-34-13-17)19(11-27-22)16-10-28-32(4)12-16/h5-6,9-12,14,17H,7-8,13H2,1-4H3,(H,26,33)(H2,27,29,30,31)/t17-/m0/s1. The first kappa shape index (κ1) is 22.9. The van der Waals surface area contributed by atoms with Crippen LogP contribution in [0.4, 0.5) is 11.6 Å². The Morgan fingerprint density at radius 3 is 2.86 bits per heavy atom. The summed E-state index contributed by atoms with van der Waals surface area (Å²) in [6, 6.07) is 5.56. The second kappa shape index (κ2) is 9.38. The van der Waals surface area contributed by atoms with Crippen LogP contribution in [0.1, 0.15) is 42.1 Å². The zero-order chi connectivity index (χ0) is 24.5. The molecule has 1 atom stereocenters. The maximum absolute atomic E-state index is 12.1. The van der Waals surface area contributed by atoms with Crippen molar-refractivity contribution in [3.05, 3.63) is 47.9 Å². The number of H-pyrrole nitrogens is 1. The monoisotopic (exact) mass is 475 g/mol. The molecule has 4 heterocycles. The van der Waals surface area contributed by atoms with Crippen molar-refractivity contribution >= 4 is 28.6 Å². The molecule has 4 aromatic rings. The lowest BCUT2D eigenvalue weighted by Gasteiger charge is -2.17. The van der Waals surface area contributed by atoms with Gasteiger partial charge < -0.3 is 25.1 Å². The maximum Gasteiger partial charge on any atom is 0.251 e. The number of nitrogens with zero attached hydrogens (tertiary/aromatic N) is 4. The van der Waals surface area contributed by atoms with Crippen LogP contribution in [-0.2, 0) is 11.8 Å². The first-order valence-electron chi connectivity index (χ1n) is 11.7. The van der Waals surface area contributed by atoms with E-state index in [0.717, 1.165) is 34.2 Å². The van der Waals surface area contributed by atoms with E-state index in [9.17, 15) is 4.79 Å². The predicted octanol–water partition coefficient (Wildman–Crippen LogP) is 3.75.